The molecule has 1 unspecified atom stereocenters. The minimum absolute atomic E-state index is 0.162. The summed E-state index contributed by atoms with van der Waals surface area (Å²) in [5, 5.41) is 0. The average Bonchev–Trinajstić information content (AvgIpc) is 2.86. The molecule has 2 aromatic rings. The summed E-state index contributed by atoms with van der Waals surface area (Å²) in [5.41, 5.74) is 9.55. The summed E-state index contributed by atoms with van der Waals surface area (Å²) in [4.78, 5) is 15.4. The third-order valence-corrected chi connectivity index (χ3v) is 3.88. The first-order valence-corrected chi connectivity index (χ1v) is 6.89. The van der Waals surface area contributed by atoms with Crippen molar-refractivity contribution < 1.29 is 9.53 Å². The molecule has 0 aliphatic heterocycles. The van der Waals surface area contributed by atoms with Crippen molar-refractivity contribution in [3.63, 3.8) is 0 Å². The highest BCUT2D eigenvalue weighted by molar-refractivity contribution is 9.10. The molecule has 0 aliphatic carbocycles. The van der Waals surface area contributed by atoms with E-state index in [1.807, 2.05) is 24.3 Å². The highest BCUT2D eigenvalue weighted by atomic mass is 79.9. The predicted octanol–water partition coefficient (Wildman–Crippen LogP) is 2.75. The maximum Gasteiger partial charge on any atom is 0.293 e. The number of thiazole rings is 1. The van der Waals surface area contributed by atoms with E-state index in [9.17, 15) is 4.79 Å². The van der Waals surface area contributed by atoms with E-state index in [2.05, 4.69) is 20.9 Å². The van der Waals surface area contributed by atoms with Gasteiger partial charge in [0.1, 0.15) is 6.61 Å². The zero-order valence-electron chi connectivity index (χ0n) is 9.38. The Labute approximate surface area is 117 Å². The molecular formula is C12H11BrN2O2S. The molecule has 0 spiro atoms. The topological polar surface area (TPSA) is 65.2 Å². The molecule has 0 saturated carbocycles. The van der Waals surface area contributed by atoms with Gasteiger partial charge in [0.2, 0.25) is 0 Å². The third kappa shape index (κ3) is 2.95. The first-order valence-electron chi connectivity index (χ1n) is 5.22. The zero-order valence-corrected chi connectivity index (χ0v) is 11.8. The molecule has 1 heterocycles. The maximum atomic E-state index is 10.2. The van der Waals surface area contributed by atoms with E-state index in [-0.39, 0.29) is 12.6 Å². The van der Waals surface area contributed by atoms with Gasteiger partial charge in [0.05, 0.1) is 22.1 Å². The van der Waals surface area contributed by atoms with Crippen LogP contribution in [-0.2, 0) is 9.53 Å². The summed E-state index contributed by atoms with van der Waals surface area (Å²) in [6.45, 7) is 0.565. The van der Waals surface area contributed by atoms with E-state index in [0.717, 1.165) is 20.6 Å². The molecule has 18 heavy (non-hydrogen) atoms. The molecule has 94 valence electrons. The molecule has 0 fully saturated rings. The number of nitrogens with two attached hydrogens (primary N) is 1. The van der Waals surface area contributed by atoms with Crippen molar-refractivity contribution in [1.82, 2.24) is 4.98 Å². The van der Waals surface area contributed by atoms with Gasteiger partial charge < -0.3 is 10.5 Å². The van der Waals surface area contributed by atoms with E-state index in [1.54, 1.807) is 5.51 Å². The second-order valence-corrected chi connectivity index (χ2v) is 5.41. The molecule has 0 bridgehead atoms. The summed E-state index contributed by atoms with van der Waals surface area (Å²) in [7, 11) is 0. The molecule has 2 rings (SSSR count). The van der Waals surface area contributed by atoms with Gasteiger partial charge in [-0.1, -0.05) is 28.1 Å². The minimum Gasteiger partial charge on any atom is -0.466 e. The van der Waals surface area contributed by atoms with Crippen molar-refractivity contribution in [2.75, 3.05) is 6.61 Å². The molecule has 4 nitrogen and oxygen atoms in total. The molecule has 1 aromatic carbocycles. The van der Waals surface area contributed by atoms with Gasteiger partial charge in [0, 0.05) is 10.0 Å². The van der Waals surface area contributed by atoms with Gasteiger partial charge in [-0.15, -0.1) is 11.3 Å². The SMILES string of the molecule is NC(COC=O)c1scnc1-c1ccc(Br)cc1. The number of nitrogens with zero attached hydrogens (tertiary/aromatic N) is 1. The number of hydrogen-bond donors (Lipinski definition) is 1. The smallest absolute Gasteiger partial charge is 0.293 e. The standard InChI is InChI=1S/C12H11BrN2O2S/c13-9-3-1-8(2-4-9)11-12(18-6-15-11)10(14)5-17-7-16/h1-4,6-7,10H,5,14H2. The summed E-state index contributed by atoms with van der Waals surface area (Å²) in [6, 6.07) is 7.49. The van der Waals surface area contributed by atoms with E-state index in [0.29, 0.717) is 6.47 Å². The number of rotatable bonds is 5. The number of hydrogen-bond acceptors (Lipinski definition) is 5. The highest BCUT2D eigenvalue weighted by Gasteiger charge is 2.16. The van der Waals surface area contributed by atoms with Crippen LogP contribution in [0.1, 0.15) is 10.9 Å². The Morgan fingerprint density at radius 3 is 2.83 bits per heavy atom. The summed E-state index contributed by atoms with van der Waals surface area (Å²) in [6.07, 6.45) is 0. The van der Waals surface area contributed by atoms with Gasteiger partial charge >= 0.3 is 0 Å². The van der Waals surface area contributed by atoms with Crippen LogP contribution in [0.25, 0.3) is 11.3 Å². The predicted molar refractivity (Wildman–Crippen MR) is 74.2 cm³/mol. The Bertz CT molecular complexity index is 527. The third-order valence-electron chi connectivity index (χ3n) is 2.39. The van der Waals surface area contributed by atoms with Gasteiger partial charge in [-0.2, -0.15) is 0 Å². The quantitative estimate of drug-likeness (QED) is 0.858. The molecule has 1 atom stereocenters. The lowest BCUT2D eigenvalue weighted by Gasteiger charge is -2.10. The number of benzene rings is 1. The van der Waals surface area contributed by atoms with Gasteiger partial charge in [-0.3, -0.25) is 4.79 Å². The Kier molecular flexibility index (Phi) is 4.46. The van der Waals surface area contributed by atoms with E-state index in [1.165, 1.54) is 11.3 Å². The van der Waals surface area contributed by atoms with Crippen LogP contribution in [0, 0.1) is 0 Å². The first kappa shape index (κ1) is 13.2. The molecule has 2 N–H and O–H groups in total. The lowest BCUT2D eigenvalue weighted by molar-refractivity contribution is -0.129. The molecular weight excluding hydrogens is 316 g/mol. The number of aromatic nitrogens is 1. The van der Waals surface area contributed by atoms with Crippen molar-refractivity contribution >= 4 is 33.7 Å². The lowest BCUT2D eigenvalue weighted by Crippen LogP contribution is -2.16. The van der Waals surface area contributed by atoms with Crippen LogP contribution in [0.15, 0.2) is 34.2 Å². The lowest BCUT2D eigenvalue weighted by atomic mass is 10.1. The van der Waals surface area contributed by atoms with Crippen molar-refractivity contribution in [3.8, 4) is 11.3 Å². The monoisotopic (exact) mass is 326 g/mol. The Morgan fingerprint density at radius 2 is 2.17 bits per heavy atom. The van der Waals surface area contributed by atoms with Crippen molar-refractivity contribution in [1.29, 1.82) is 0 Å². The maximum absolute atomic E-state index is 10.2. The normalized spacial score (nSPS) is 12.1. The fraction of sp³-hybridized carbons (Fsp3) is 0.167. The van der Waals surface area contributed by atoms with Crippen LogP contribution in [-0.4, -0.2) is 18.1 Å². The first-order chi connectivity index (χ1) is 8.72. The Balaban J connectivity index is 2.26. The second-order valence-electron chi connectivity index (χ2n) is 3.61. The van der Waals surface area contributed by atoms with E-state index in [4.69, 9.17) is 10.5 Å². The van der Waals surface area contributed by atoms with Crippen molar-refractivity contribution in [2.24, 2.45) is 5.73 Å². The van der Waals surface area contributed by atoms with Gasteiger partial charge in [-0.05, 0) is 12.1 Å². The number of carbonyl (C=O) groups excluding carboxylic acids is 1. The van der Waals surface area contributed by atoms with Crippen LogP contribution < -0.4 is 5.73 Å². The molecule has 0 radical (unpaired) electrons. The largest absolute Gasteiger partial charge is 0.466 e. The molecule has 0 saturated heterocycles. The van der Waals surface area contributed by atoms with E-state index < -0.39 is 0 Å². The molecule has 0 amide bonds. The molecule has 1 aromatic heterocycles. The van der Waals surface area contributed by atoms with Gasteiger partial charge in [0.25, 0.3) is 6.47 Å². The Morgan fingerprint density at radius 1 is 1.44 bits per heavy atom. The zero-order chi connectivity index (χ0) is 13.0. The molecule has 6 heteroatoms. The van der Waals surface area contributed by atoms with Gasteiger partial charge in [-0.25, -0.2) is 4.98 Å². The average molecular weight is 327 g/mol. The van der Waals surface area contributed by atoms with Crippen LogP contribution in [0.3, 0.4) is 0 Å². The number of halogens is 1. The van der Waals surface area contributed by atoms with Crippen LogP contribution in [0.2, 0.25) is 0 Å². The molecule has 0 aliphatic rings. The van der Waals surface area contributed by atoms with Gasteiger partial charge in [0.15, 0.2) is 0 Å². The van der Waals surface area contributed by atoms with Crippen LogP contribution in [0.5, 0.6) is 0 Å². The van der Waals surface area contributed by atoms with E-state index >= 15 is 0 Å². The minimum atomic E-state index is -0.346. The van der Waals surface area contributed by atoms with Crippen LogP contribution >= 0.6 is 27.3 Å². The summed E-state index contributed by atoms with van der Waals surface area (Å²) in [5.74, 6) is 0. The van der Waals surface area contributed by atoms with Crippen molar-refractivity contribution in [2.45, 2.75) is 6.04 Å². The fourth-order valence-electron chi connectivity index (χ4n) is 1.56. The fourth-order valence-corrected chi connectivity index (χ4v) is 2.62. The number of ether oxygens (including phenoxy) is 1. The van der Waals surface area contributed by atoms with Crippen molar-refractivity contribution in [3.05, 3.63) is 39.1 Å². The Hall–Kier alpha value is -1.24. The van der Waals surface area contributed by atoms with Crippen LogP contribution in [0.4, 0.5) is 0 Å². The number of carbonyl (C=O) groups is 1. The second kappa shape index (κ2) is 6.08. The summed E-state index contributed by atoms with van der Waals surface area (Å²) < 4.78 is 5.71. The summed E-state index contributed by atoms with van der Waals surface area (Å²) >= 11 is 4.85. The highest BCUT2D eigenvalue weighted by Crippen LogP contribution is 2.30.